The van der Waals surface area contributed by atoms with Crippen molar-refractivity contribution >= 4 is 27.3 Å². The van der Waals surface area contributed by atoms with Gasteiger partial charge in [-0.05, 0) is 18.2 Å². The molecule has 0 aliphatic carbocycles. The molecule has 1 heterocycles. The van der Waals surface area contributed by atoms with E-state index < -0.39 is 0 Å². The first-order valence-electron chi connectivity index (χ1n) is 4.73. The minimum Gasteiger partial charge on any atom is -0.496 e. The van der Waals surface area contributed by atoms with Gasteiger partial charge < -0.3 is 10.5 Å². The van der Waals surface area contributed by atoms with Crippen molar-refractivity contribution < 1.29 is 4.74 Å². The average molecular weight is 299 g/mol. The van der Waals surface area contributed by atoms with Gasteiger partial charge in [0.1, 0.15) is 10.8 Å². The van der Waals surface area contributed by atoms with Crippen molar-refractivity contribution in [2.45, 2.75) is 6.54 Å². The van der Waals surface area contributed by atoms with Gasteiger partial charge in [0.15, 0.2) is 0 Å². The number of hydrogen-bond donors (Lipinski definition) is 1. The third kappa shape index (κ3) is 2.26. The number of ether oxygens (including phenoxy) is 1. The lowest BCUT2D eigenvalue weighted by Gasteiger charge is -2.06. The van der Waals surface area contributed by atoms with Crippen LogP contribution in [0.4, 0.5) is 0 Å². The van der Waals surface area contributed by atoms with E-state index in [0.29, 0.717) is 6.54 Å². The minimum absolute atomic E-state index is 0.473. The van der Waals surface area contributed by atoms with Crippen LogP contribution < -0.4 is 10.5 Å². The summed E-state index contributed by atoms with van der Waals surface area (Å²) in [6, 6.07) is 5.85. The Morgan fingerprint density at radius 2 is 2.31 bits per heavy atom. The highest BCUT2D eigenvalue weighted by molar-refractivity contribution is 9.10. The molecule has 84 valence electrons. The van der Waals surface area contributed by atoms with Gasteiger partial charge >= 0.3 is 0 Å². The van der Waals surface area contributed by atoms with Gasteiger partial charge in [-0.15, -0.1) is 11.3 Å². The molecule has 3 nitrogen and oxygen atoms in total. The van der Waals surface area contributed by atoms with E-state index in [9.17, 15) is 0 Å². The van der Waals surface area contributed by atoms with Gasteiger partial charge in [0, 0.05) is 22.0 Å². The molecule has 0 saturated heterocycles. The van der Waals surface area contributed by atoms with Gasteiger partial charge in [0.05, 0.1) is 12.8 Å². The molecule has 1 aromatic heterocycles. The van der Waals surface area contributed by atoms with Crippen LogP contribution in [-0.4, -0.2) is 12.1 Å². The molecule has 0 amide bonds. The standard InChI is InChI=1S/C11H11BrN2OS/c1-15-10-3-2-7(12)4-8(10)9-6-16-11(5-13)14-9/h2-4,6H,5,13H2,1H3. The summed E-state index contributed by atoms with van der Waals surface area (Å²) in [5.41, 5.74) is 7.43. The van der Waals surface area contributed by atoms with Crippen molar-refractivity contribution in [1.82, 2.24) is 4.98 Å². The number of rotatable bonds is 3. The second-order valence-corrected chi connectivity index (χ2v) is 5.03. The van der Waals surface area contributed by atoms with Crippen molar-refractivity contribution in [1.29, 1.82) is 0 Å². The molecule has 0 aliphatic heterocycles. The van der Waals surface area contributed by atoms with Crippen LogP contribution in [0, 0.1) is 0 Å². The van der Waals surface area contributed by atoms with Crippen molar-refractivity contribution in [2.24, 2.45) is 5.73 Å². The average Bonchev–Trinajstić information content (AvgIpc) is 2.77. The van der Waals surface area contributed by atoms with Gasteiger partial charge in [0.2, 0.25) is 0 Å². The lowest BCUT2D eigenvalue weighted by molar-refractivity contribution is 0.416. The first-order valence-corrected chi connectivity index (χ1v) is 6.40. The lowest BCUT2D eigenvalue weighted by atomic mass is 10.1. The molecular formula is C11H11BrN2OS. The van der Waals surface area contributed by atoms with E-state index in [4.69, 9.17) is 10.5 Å². The normalized spacial score (nSPS) is 10.4. The third-order valence-electron chi connectivity index (χ3n) is 2.16. The molecule has 0 atom stereocenters. The van der Waals surface area contributed by atoms with E-state index in [-0.39, 0.29) is 0 Å². The highest BCUT2D eigenvalue weighted by Crippen LogP contribution is 2.33. The van der Waals surface area contributed by atoms with Crippen LogP contribution >= 0.6 is 27.3 Å². The smallest absolute Gasteiger partial charge is 0.128 e. The summed E-state index contributed by atoms with van der Waals surface area (Å²) >= 11 is 5.00. The largest absolute Gasteiger partial charge is 0.496 e. The molecule has 1 aromatic carbocycles. The summed E-state index contributed by atoms with van der Waals surface area (Å²) in [6.07, 6.45) is 0. The van der Waals surface area contributed by atoms with Crippen LogP contribution in [0.1, 0.15) is 5.01 Å². The highest BCUT2D eigenvalue weighted by Gasteiger charge is 2.09. The van der Waals surface area contributed by atoms with Crippen molar-refractivity contribution in [2.75, 3.05) is 7.11 Å². The molecular weight excluding hydrogens is 288 g/mol. The fourth-order valence-electron chi connectivity index (χ4n) is 1.41. The van der Waals surface area contributed by atoms with Crippen molar-refractivity contribution in [3.8, 4) is 17.0 Å². The summed E-state index contributed by atoms with van der Waals surface area (Å²) < 4.78 is 6.32. The van der Waals surface area contributed by atoms with E-state index in [1.165, 1.54) is 0 Å². The molecule has 0 fully saturated rings. The number of thiazole rings is 1. The zero-order chi connectivity index (χ0) is 11.5. The van der Waals surface area contributed by atoms with Gasteiger partial charge in [-0.2, -0.15) is 0 Å². The fourth-order valence-corrected chi connectivity index (χ4v) is 2.44. The van der Waals surface area contributed by atoms with Crippen molar-refractivity contribution in [3.05, 3.63) is 33.1 Å². The summed E-state index contributed by atoms with van der Waals surface area (Å²) in [7, 11) is 1.66. The Labute approximate surface area is 106 Å². The van der Waals surface area contributed by atoms with Crippen LogP contribution in [0.15, 0.2) is 28.1 Å². The lowest BCUT2D eigenvalue weighted by Crippen LogP contribution is -1.95. The molecule has 0 aliphatic rings. The predicted molar refractivity (Wildman–Crippen MR) is 69.7 cm³/mol. The molecule has 0 radical (unpaired) electrons. The summed E-state index contributed by atoms with van der Waals surface area (Å²) in [6.45, 7) is 0.473. The molecule has 5 heteroatoms. The first-order chi connectivity index (χ1) is 7.74. The number of hydrogen-bond acceptors (Lipinski definition) is 4. The monoisotopic (exact) mass is 298 g/mol. The van der Waals surface area contributed by atoms with E-state index in [1.807, 2.05) is 23.6 Å². The Bertz CT molecular complexity index is 498. The molecule has 2 N–H and O–H groups in total. The highest BCUT2D eigenvalue weighted by atomic mass is 79.9. The summed E-state index contributed by atoms with van der Waals surface area (Å²) in [5, 5.41) is 2.92. The van der Waals surface area contributed by atoms with Crippen molar-refractivity contribution in [3.63, 3.8) is 0 Å². The van der Waals surface area contributed by atoms with E-state index in [2.05, 4.69) is 20.9 Å². The topological polar surface area (TPSA) is 48.1 Å². The van der Waals surface area contributed by atoms with E-state index in [1.54, 1.807) is 18.4 Å². The SMILES string of the molecule is COc1ccc(Br)cc1-c1csc(CN)n1. The number of aromatic nitrogens is 1. The Morgan fingerprint density at radius 1 is 1.50 bits per heavy atom. The number of nitrogens with two attached hydrogens (primary N) is 1. The summed E-state index contributed by atoms with van der Waals surface area (Å²) in [4.78, 5) is 4.44. The molecule has 0 bridgehead atoms. The molecule has 2 rings (SSSR count). The van der Waals surface area contributed by atoms with E-state index >= 15 is 0 Å². The molecule has 0 spiro atoms. The quantitative estimate of drug-likeness (QED) is 0.947. The first kappa shape index (κ1) is 11.6. The van der Waals surface area contributed by atoms with Crippen LogP contribution in [0.2, 0.25) is 0 Å². The van der Waals surface area contributed by atoms with Gasteiger partial charge in [0.25, 0.3) is 0 Å². The number of halogens is 1. The fraction of sp³-hybridized carbons (Fsp3) is 0.182. The Balaban J connectivity index is 2.49. The maximum absolute atomic E-state index is 5.55. The predicted octanol–water partition coefficient (Wildman–Crippen LogP) is 3.04. The molecule has 16 heavy (non-hydrogen) atoms. The van der Waals surface area contributed by atoms with Crippen LogP contribution in [0.25, 0.3) is 11.3 Å². The minimum atomic E-state index is 0.473. The Morgan fingerprint density at radius 3 is 2.94 bits per heavy atom. The molecule has 2 aromatic rings. The Kier molecular flexibility index (Phi) is 3.58. The Hall–Kier alpha value is -0.910. The second-order valence-electron chi connectivity index (χ2n) is 3.18. The molecule has 0 saturated carbocycles. The van der Waals surface area contributed by atoms with Gasteiger partial charge in [-0.3, -0.25) is 0 Å². The number of benzene rings is 1. The van der Waals surface area contributed by atoms with Crippen LogP contribution in [-0.2, 0) is 6.54 Å². The van der Waals surface area contributed by atoms with Crippen LogP contribution in [0.3, 0.4) is 0 Å². The third-order valence-corrected chi connectivity index (χ3v) is 3.53. The van der Waals surface area contributed by atoms with E-state index in [0.717, 1.165) is 26.5 Å². The number of nitrogens with zero attached hydrogens (tertiary/aromatic N) is 1. The maximum atomic E-state index is 5.55. The van der Waals surface area contributed by atoms with Gasteiger partial charge in [-0.25, -0.2) is 4.98 Å². The summed E-state index contributed by atoms with van der Waals surface area (Å²) in [5.74, 6) is 0.817. The number of methoxy groups -OCH3 is 1. The maximum Gasteiger partial charge on any atom is 0.128 e. The zero-order valence-corrected chi connectivity index (χ0v) is 11.1. The second kappa shape index (κ2) is 4.95. The van der Waals surface area contributed by atoms with Gasteiger partial charge in [-0.1, -0.05) is 15.9 Å². The zero-order valence-electron chi connectivity index (χ0n) is 8.74. The molecule has 0 unspecified atom stereocenters. The van der Waals surface area contributed by atoms with Crippen LogP contribution in [0.5, 0.6) is 5.75 Å².